The Morgan fingerprint density at radius 2 is 1.69 bits per heavy atom. The van der Waals surface area contributed by atoms with E-state index in [1.165, 1.54) is 0 Å². The Kier molecular flexibility index (Phi) is 8.93. The van der Waals surface area contributed by atoms with Crippen molar-refractivity contribution < 1.29 is 4.79 Å². The number of Topliss-reactive ketones (excluding diaryl/α,β-unsaturated/α-hetero) is 1. The molecule has 0 aromatic carbocycles. The Bertz CT molecular complexity index is 130. The van der Waals surface area contributed by atoms with E-state index in [0.717, 1.165) is 32.4 Å². The smallest absolute Gasteiger partial charge is 0.135 e. The molecule has 78 valence electrons. The minimum atomic E-state index is 0.420. The SMILES string of the molecule is CN1CCC(=O)CC1.ClCCCCl. The Morgan fingerprint density at radius 1 is 1.23 bits per heavy atom. The van der Waals surface area contributed by atoms with Gasteiger partial charge in [-0.1, -0.05) is 0 Å². The molecule has 0 saturated carbocycles. The second kappa shape index (κ2) is 8.79. The Balaban J connectivity index is 0.000000252. The van der Waals surface area contributed by atoms with Gasteiger partial charge in [-0.05, 0) is 13.5 Å². The highest BCUT2D eigenvalue weighted by molar-refractivity contribution is 6.20. The number of carbonyl (C=O) groups excluding carboxylic acids is 1. The maximum atomic E-state index is 10.6. The molecule has 2 nitrogen and oxygen atoms in total. The van der Waals surface area contributed by atoms with Crippen LogP contribution in [0.3, 0.4) is 0 Å². The molecule has 13 heavy (non-hydrogen) atoms. The van der Waals surface area contributed by atoms with Gasteiger partial charge in [0.1, 0.15) is 5.78 Å². The quantitative estimate of drug-likeness (QED) is 0.672. The predicted octanol–water partition coefficient (Wildman–Crippen LogP) is 2.14. The number of alkyl halides is 2. The van der Waals surface area contributed by atoms with E-state index in [9.17, 15) is 4.79 Å². The third-order valence-corrected chi connectivity index (χ3v) is 2.35. The number of likely N-dealkylation sites (tertiary alicyclic amines) is 1. The summed E-state index contributed by atoms with van der Waals surface area (Å²) in [6.07, 6.45) is 2.44. The third kappa shape index (κ3) is 8.54. The average Bonchev–Trinajstić information content (AvgIpc) is 2.13. The zero-order valence-electron chi connectivity index (χ0n) is 8.06. The number of ketones is 1. The number of rotatable bonds is 2. The van der Waals surface area contributed by atoms with Gasteiger partial charge in [0, 0.05) is 37.7 Å². The van der Waals surface area contributed by atoms with Crippen molar-refractivity contribution in [2.75, 3.05) is 31.9 Å². The molecule has 0 radical (unpaired) electrons. The Labute approximate surface area is 90.2 Å². The molecule has 1 aliphatic heterocycles. The normalized spacial score (nSPS) is 17.9. The van der Waals surface area contributed by atoms with Gasteiger partial charge in [-0.3, -0.25) is 4.79 Å². The van der Waals surface area contributed by atoms with Gasteiger partial charge in [-0.15, -0.1) is 23.2 Å². The van der Waals surface area contributed by atoms with E-state index in [-0.39, 0.29) is 0 Å². The van der Waals surface area contributed by atoms with Gasteiger partial charge in [0.05, 0.1) is 0 Å². The number of nitrogens with zero attached hydrogens (tertiary/aromatic N) is 1. The summed E-state index contributed by atoms with van der Waals surface area (Å²) in [4.78, 5) is 12.8. The molecule has 1 fully saturated rings. The fraction of sp³-hybridized carbons (Fsp3) is 0.889. The molecule has 0 spiro atoms. The molecule has 0 N–H and O–H groups in total. The summed E-state index contributed by atoms with van der Waals surface area (Å²) in [5, 5.41) is 0. The van der Waals surface area contributed by atoms with Gasteiger partial charge in [0.15, 0.2) is 0 Å². The van der Waals surface area contributed by atoms with E-state index in [0.29, 0.717) is 17.5 Å². The van der Waals surface area contributed by atoms with Gasteiger partial charge >= 0.3 is 0 Å². The van der Waals surface area contributed by atoms with Crippen LogP contribution in [-0.4, -0.2) is 42.6 Å². The van der Waals surface area contributed by atoms with Crippen molar-refractivity contribution in [3.63, 3.8) is 0 Å². The number of hydrogen-bond acceptors (Lipinski definition) is 2. The van der Waals surface area contributed by atoms with E-state index in [1.54, 1.807) is 0 Å². The van der Waals surface area contributed by atoms with Crippen LogP contribution in [0.4, 0.5) is 0 Å². The minimum absolute atomic E-state index is 0.420. The van der Waals surface area contributed by atoms with Crippen LogP contribution in [0.1, 0.15) is 19.3 Å². The molecule has 0 aromatic rings. The molecular weight excluding hydrogens is 209 g/mol. The van der Waals surface area contributed by atoms with Crippen molar-refractivity contribution in [1.29, 1.82) is 0 Å². The molecule has 0 unspecified atom stereocenters. The van der Waals surface area contributed by atoms with Crippen LogP contribution < -0.4 is 0 Å². The lowest BCUT2D eigenvalue weighted by Crippen LogP contribution is -2.29. The van der Waals surface area contributed by atoms with Gasteiger partial charge in [0.25, 0.3) is 0 Å². The second-order valence-corrected chi connectivity index (χ2v) is 3.83. The van der Waals surface area contributed by atoms with Crippen molar-refractivity contribution in [2.45, 2.75) is 19.3 Å². The van der Waals surface area contributed by atoms with E-state index in [1.807, 2.05) is 7.05 Å². The molecular formula is C9H17Cl2NO. The molecule has 0 aromatic heterocycles. The van der Waals surface area contributed by atoms with E-state index in [2.05, 4.69) is 4.90 Å². The zero-order valence-corrected chi connectivity index (χ0v) is 9.57. The maximum absolute atomic E-state index is 10.6. The lowest BCUT2D eigenvalue weighted by molar-refractivity contribution is -0.121. The first-order chi connectivity index (χ1) is 6.20. The monoisotopic (exact) mass is 225 g/mol. The van der Waals surface area contributed by atoms with E-state index in [4.69, 9.17) is 23.2 Å². The summed E-state index contributed by atoms with van der Waals surface area (Å²) in [5.74, 6) is 1.79. The molecule has 1 rings (SSSR count). The molecule has 1 saturated heterocycles. The lowest BCUT2D eigenvalue weighted by Gasteiger charge is -2.19. The molecule has 4 heteroatoms. The summed E-state index contributed by atoms with van der Waals surface area (Å²) >= 11 is 10.4. The van der Waals surface area contributed by atoms with Crippen LogP contribution in [0.25, 0.3) is 0 Å². The molecule has 1 heterocycles. The van der Waals surface area contributed by atoms with Gasteiger partial charge in [0.2, 0.25) is 0 Å². The first-order valence-electron chi connectivity index (χ1n) is 4.53. The standard InChI is InChI=1S/C6H11NO.C3H6Cl2/c1-7-4-2-6(8)3-5-7;4-2-1-3-5/h2-5H2,1H3;1-3H2. The fourth-order valence-corrected chi connectivity index (χ4v) is 1.32. The Morgan fingerprint density at radius 3 is 1.92 bits per heavy atom. The topological polar surface area (TPSA) is 20.3 Å². The highest BCUT2D eigenvalue weighted by atomic mass is 35.5. The summed E-state index contributed by atoms with van der Waals surface area (Å²) < 4.78 is 0. The number of halogens is 2. The summed E-state index contributed by atoms with van der Waals surface area (Å²) in [6.45, 7) is 1.91. The number of piperidine rings is 1. The van der Waals surface area contributed by atoms with E-state index < -0.39 is 0 Å². The minimum Gasteiger partial charge on any atom is -0.305 e. The van der Waals surface area contributed by atoms with Crippen molar-refractivity contribution >= 4 is 29.0 Å². The summed E-state index contributed by atoms with van der Waals surface area (Å²) in [7, 11) is 2.05. The van der Waals surface area contributed by atoms with Crippen LogP contribution in [0, 0.1) is 0 Å². The molecule has 1 aliphatic rings. The first kappa shape index (κ1) is 13.2. The van der Waals surface area contributed by atoms with Gasteiger partial charge < -0.3 is 4.90 Å². The van der Waals surface area contributed by atoms with Crippen LogP contribution in [-0.2, 0) is 4.79 Å². The molecule has 0 atom stereocenters. The molecule has 0 aliphatic carbocycles. The number of hydrogen-bond donors (Lipinski definition) is 0. The average molecular weight is 226 g/mol. The highest BCUT2D eigenvalue weighted by Gasteiger charge is 2.10. The Hall–Kier alpha value is 0.210. The number of carbonyl (C=O) groups is 1. The second-order valence-electron chi connectivity index (χ2n) is 3.07. The third-order valence-electron chi connectivity index (χ3n) is 1.81. The lowest BCUT2D eigenvalue weighted by atomic mass is 10.1. The molecule has 0 amide bonds. The predicted molar refractivity (Wildman–Crippen MR) is 57.8 cm³/mol. The largest absolute Gasteiger partial charge is 0.305 e. The van der Waals surface area contributed by atoms with Crippen LogP contribution in [0.5, 0.6) is 0 Å². The highest BCUT2D eigenvalue weighted by Crippen LogP contribution is 2.01. The first-order valence-corrected chi connectivity index (χ1v) is 5.59. The zero-order chi connectivity index (χ0) is 10.1. The van der Waals surface area contributed by atoms with Crippen LogP contribution >= 0.6 is 23.2 Å². The maximum Gasteiger partial charge on any atom is 0.135 e. The fourth-order valence-electron chi connectivity index (χ4n) is 0.918. The van der Waals surface area contributed by atoms with Crippen LogP contribution in [0.15, 0.2) is 0 Å². The summed E-state index contributed by atoms with van der Waals surface area (Å²) in [5.41, 5.74) is 0. The summed E-state index contributed by atoms with van der Waals surface area (Å²) in [6, 6.07) is 0. The van der Waals surface area contributed by atoms with Crippen LogP contribution in [0.2, 0.25) is 0 Å². The van der Waals surface area contributed by atoms with Crippen molar-refractivity contribution in [3.05, 3.63) is 0 Å². The van der Waals surface area contributed by atoms with Gasteiger partial charge in [-0.2, -0.15) is 0 Å². The van der Waals surface area contributed by atoms with Gasteiger partial charge in [-0.25, -0.2) is 0 Å². The van der Waals surface area contributed by atoms with Crippen molar-refractivity contribution in [1.82, 2.24) is 4.90 Å². The van der Waals surface area contributed by atoms with E-state index >= 15 is 0 Å². The van der Waals surface area contributed by atoms with Crippen molar-refractivity contribution in [2.24, 2.45) is 0 Å². The molecule has 0 bridgehead atoms. The van der Waals surface area contributed by atoms with Crippen molar-refractivity contribution in [3.8, 4) is 0 Å².